The molecule has 9 nitrogen and oxygen atoms in total. The number of anilines is 3. The molecule has 0 radical (unpaired) electrons. The van der Waals surface area contributed by atoms with Gasteiger partial charge in [0.05, 0.1) is 15.4 Å². The number of nitrogens with two attached hydrogens (primary N) is 1. The summed E-state index contributed by atoms with van der Waals surface area (Å²) in [5.74, 6) is -0.201. The Bertz CT molecular complexity index is 1450. The lowest BCUT2D eigenvalue weighted by atomic mass is 10.1. The lowest BCUT2D eigenvalue weighted by Gasteiger charge is -2.34. The van der Waals surface area contributed by atoms with E-state index in [0.717, 1.165) is 48.0 Å². The van der Waals surface area contributed by atoms with Crippen molar-refractivity contribution in [3.8, 4) is 10.6 Å². The number of piperazine rings is 1. The largest absolute Gasteiger partial charge is 0.369 e. The van der Waals surface area contributed by atoms with E-state index in [9.17, 15) is 9.59 Å². The average molecular weight is 528 g/mol. The zero-order valence-electron chi connectivity index (χ0n) is 21.1. The zero-order chi connectivity index (χ0) is 26.5. The van der Waals surface area contributed by atoms with Gasteiger partial charge in [0.25, 0.3) is 5.91 Å². The van der Waals surface area contributed by atoms with Gasteiger partial charge in [-0.2, -0.15) is 0 Å². The molecule has 2 aromatic carbocycles. The molecule has 3 heterocycles. The van der Waals surface area contributed by atoms with E-state index < -0.39 is 5.91 Å². The van der Waals surface area contributed by atoms with Crippen LogP contribution in [-0.4, -0.2) is 59.9 Å². The summed E-state index contributed by atoms with van der Waals surface area (Å²) in [7, 11) is 2.15. The number of rotatable bonds is 8. The van der Waals surface area contributed by atoms with Gasteiger partial charge in [0.2, 0.25) is 11.9 Å². The van der Waals surface area contributed by atoms with E-state index in [1.54, 1.807) is 30.5 Å². The lowest BCUT2D eigenvalue weighted by Crippen LogP contribution is -2.44. The van der Waals surface area contributed by atoms with Gasteiger partial charge in [0.1, 0.15) is 0 Å². The van der Waals surface area contributed by atoms with E-state index >= 15 is 0 Å². The van der Waals surface area contributed by atoms with Crippen LogP contribution in [0.3, 0.4) is 0 Å². The van der Waals surface area contributed by atoms with Gasteiger partial charge in [-0.1, -0.05) is 18.2 Å². The molecule has 10 heteroatoms. The molecule has 1 aliphatic rings. The van der Waals surface area contributed by atoms with Crippen molar-refractivity contribution in [1.29, 1.82) is 0 Å². The lowest BCUT2D eigenvalue weighted by molar-refractivity contribution is 0.0954. The highest BCUT2D eigenvalue weighted by Gasteiger charge is 2.15. The summed E-state index contributed by atoms with van der Waals surface area (Å²) in [6.45, 7) is 4.39. The first-order chi connectivity index (χ1) is 18.4. The molecule has 2 amide bonds. The number of primary amides is 1. The molecule has 0 atom stereocenters. The van der Waals surface area contributed by atoms with E-state index in [4.69, 9.17) is 5.73 Å². The topological polar surface area (TPSA) is 116 Å². The Labute approximate surface area is 225 Å². The molecule has 2 aromatic heterocycles. The van der Waals surface area contributed by atoms with Gasteiger partial charge < -0.3 is 26.2 Å². The highest BCUT2D eigenvalue weighted by Crippen LogP contribution is 2.28. The van der Waals surface area contributed by atoms with Crippen LogP contribution < -0.4 is 21.3 Å². The number of aromatic nitrogens is 2. The third-order valence-electron chi connectivity index (χ3n) is 6.37. The van der Waals surface area contributed by atoms with E-state index in [-0.39, 0.29) is 5.91 Å². The van der Waals surface area contributed by atoms with E-state index in [2.05, 4.69) is 49.6 Å². The Kier molecular flexibility index (Phi) is 7.62. The predicted molar refractivity (Wildman–Crippen MR) is 151 cm³/mol. The summed E-state index contributed by atoms with van der Waals surface area (Å²) < 4.78 is 0. The van der Waals surface area contributed by atoms with Crippen molar-refractivity contribution >= 4 is 40.5 Å². The minimum Gasteiger partial charge on any atom is -0.369 e. The summed E-state index contributed by atoms with van der Waals surface area (Å²) in [5.41, 5.74) is 9.38. The Morgan fingerprint density at radius 1 is 1.00 bits per heavy atom. The Morgan fingerprint density at radius 2 is 1.82 bits per heavy atom. The first-order valence-electron chi connectivity index (χ1n) is 12.4. The number of carbonyl (C=O) groups is 2. The standard InChI is InChI=1S/C28H29N7O2S/c1-34-12-14-35(15-13-34)22-7-3-6-21(17-22)32-28-30-11-10-23(33-28)24-8-9-25(38-24)27(37)31-18-19-4-2-5-20(16-19)26(29)36/h2-11,16-17H,12-15,18H2,1H3,(H2,29,36)(H,31,37)(H,30,32,33). The fourth-order valence-electron chi connectivity index (χ4n) is 4.23. The monoisotopic (exact) mass is 527 g/mol. The maximum absolute atomic E-state index is 12.7. The fraction of sp³-hybridized carbons (Fsp3) is 0.214. The van der Waals surface area contributed by atoms with Crippen molar-refractivity contribution in [3.63, 3.8) is 0 Å². The van der Waals surface area contributed by atoms with Crippen LogP contribution >= 0.6 is 11.3 Å². The number of benzene rings is 2. The van der Waals surface area contributed by atoms with Crippen LogP contribution in [0.5, 0.6) is 0 Å². The molecule has 1 saturated heterocycles. The minimum atomic E-state index is -0.498. The second-order valence-corrected chi connectivity index (χ2v) is 10.2. The second kappa shape index (κ2) is 11.4. The molecule has 1 fully saturated rings. The smallest absolute Gasteiger partial charge is 0.261 e. The molecule has 0 bridgehead atoms. The highest BCUT2D eigenvalue weighted by molar-refractivity contribution is 7.17. The van der Waals surface area contributed by atoms with Crippen LogP contribution in [0.4, 0.5) is 17.3 Å². The molecule has 194 valence electrons. The van der Waals surface area contributed by atoms with Crippen LogP contribution in [0.25, 0.3) is 10.6 Å². The molecule has 5 rings (SSSR count). The fourth-order valence-corrected chi connectivity index (χ4v) is 5.12. The highest BCUT2D eigenvalue weighted by atomic mass is 32.1. The van der Waals surface area contributed by atoms with Gasteiger partial charge in [-0.25, -0.2) is 9.97 Å². The SMILES string of the molecule is CN1CCN(c2cccc(Nc3nccc(-c4ccc(C(=O)NCc5cccc(C(N)=O)c5)s4)n3)c2)CC1. The predicted octanol–water partition coefficient (Wildman–Crippen LogP) is 3.73. The number of nitrogens with zero attached hydrogens (tertiary/aromatic N) is 4. The van der Waals surface area contributed by atoms with Crippen molar-refractivity contribution in [2.24, 2.45) is 5.73 Å². The quantitative estimate of drug-likeness (QED) is 0.320. The van der Waals surface area contributed by atoms with Gasteiger partial charge in [-0.15, -0.1) is 11.3 Å². The van der Waals surface area contributed by atoms with Gasteiger partial charge in [0, 0.05) is 55.9 Å². The van der Waals surface area contributed by atoms with Crippen molar-refractivity contribution in [1.82, 2.24) is 20.2 Å². The third-order valence-corrected chi connectivity index (χ3v) is 7.48. The normalized spacial score (nSPS) is 13.8. The van der Waals surface area contributed by atoms with Crippen molar-refractivity contribution in [2.45, 2.75) is 6.54 Å². The van der Waals surface area contributed by atoms with Crippen LogP contribution in [0.15, 0.2) is 72.9 Å². The maximum atomic E-state index is 12.7. The maximum Gasteiger partial charge on any atom is 0.261 e. The molecule has 4 N–H and O–H groups in total. The number of hydrogen-bond acceptors (Lipinski definition) is 8. The van der Waals surface area contributed by atoms with Crippen molar-refractivity contribution < 1.29 is 9.59 Å². The van der Waals surface area contributed by atoms with E-state index in [1.165, 1.54) is 17.0 Å². The molecular formula is C28H29N7O2S. The number of amides is 2. The van der Waals surface area contributed by atoms with Gasteiger partial charge in [-0.05, 0) is 61.1 Å². The Balaban J connectivity index is 1.23. The zero-order valence-corrected chi connectivity index (χ0v) is 21.9. The number of carbonyl (C=O) groups excluding carboxylic acids is 2. The summed E-state index contributed by atoms with van der Waals surface area (Å²) in [6.07, 6.45) is 1.71. The summed E-state index contributed by atoms with van der Waals surface area (Å²) in [4.78, 5) is 39.3. The average Bonchev–Trinajstić information content (AvgIpc) is 3.43. The minimum absolute atomic E-state index is 0.196. The van der Waals surface area contributed by atoms with Crippen LogP contribution in [0, 0.1) is 0 Å². The molecule has 0 saturated carbocycles. The van der Waals surface area contributed by atoms with E-state index in [1.807, 2.05) is 30.3 Å². The number of hydrogen-bond donors (Lipinski definition) is 3. The molecule has 38 heavy (non-hydrogen) atoms. The van der Waals surface area contributed by atoms with Crippen LogP contribution in [0.1, 0.15) is 25.6 Å². The molecular weight excluding hydrogens is 498 g/mol. The molecule has 0 unspecified atom stereocenters. The molecule has 0 spiro atoms. The molecule has 4 aromatic rings. The summed E-state index contributed by atoms with van der Waals surface area (Å²) >= 11 is 1.36. The first-order valence-corrected chi connectivity index (χ1v) is 13.2. The molecule has 0 aliphatic carbocycles. The van der Waals surface area contributed by atoms with Gasteiger partial charge in [-0.3, -0.25) is 9.59 Å². The first kappa shape index (κ1) is 25.4. The van der Waals surface area contributed by atoms with Gasteiger partial charge in [0.15, 0.2) is 0 Å². The Hall–Kier alpha value is -4.28. The summed E-state index contributed by atoms with van der Waals surface area (Å²) in [6, 6.07) is 20.7. The summed E-state index contributed by atoms with van der Waals surface area (Å²) in [5, 5.41) is 6.21. The third kappa shape index (κ3) is 6.16. The number of thiophene rings is 1. The van der Waals surface area contributed by atoms with Crippen LogP contribution in [-0.2, 0) is 6.54 Å². The number of likely N-dealkylation sites (N-methyl/N-ethyl adjacent to an activating group) is 1. The second-order valence-electron chi connectivity index (χ2n) is 9.14. The van der Waals surface area contributed by atoms with Crippen molar-refractivity contribution in [2.75, 3.05) is 43.4 Å². The molecule has 1 aliphatic heterocycles. The Morgan fingerprint density at radius 3 is 2.63 bits per heavy atom. The van der Waals surface area contributed by atoms with E-state index in [0.29, 0.717) is 22.9 Å². The van der Waals surface area contributed by atoms with Gasteiger partial charge >= 0.3 is 0 Å². The van der Waals surface area contributed by atoms with Crippen molar-refractivity contribution in [3.05, 3.63) is 88.9 Å². The number of nitrogens with one attached hydrogen (secondary N) is 2. The van der Waals surface area contributed by atoms with Crippen LogP contribution in [0.2, 0.25) is 0 Å².